The number of aliphatic hydroxyl groups is 1. The Morgan fingerprint density at radius 2 is 2.04 bits per heavy atom. The lowest BCUT2D eigenvalue weighted by Crippen LogP contribution is -2.31. The molecule has 27 heavy (non-hydrogen) atoms. The quantitative estimate of drug-likeness (QED) is 0.617. The topological polar surface area (TPSA) is 96.0 Å². The molecular formula is C19H22FN5O2. The van der Waals surface area contributed by atoms with E-state index in [1.165, 1.54) is 12.4 Å². The molecule has 4 rings (SSSR count). The number of hydrogen-bond donors (Lipinski definition) is 3. The van der Waals surface area contributed by atoms with Crippen molar-refractivity contribution in [2.24, 2.45) is 0 Å². The molecule has 0 amide bonds. The molecule has 7 nitrogen and oxygen atoms in total. The predicted molar refractivity (Wildman–Crippen MR) is 98.7 cm³/mol. The number of anilines is 1. The number of aromatic nitrogens is 4. The Kier molecular flexibility index (Phi) is 5.26. The highest BCUT2D eigenvalue weighted by Gasteiger charge is 2.24. The summed E-state index contributed by atoms with van der Waals surface area (Å²) in [5.74, 6) is 0.380. The van der Waals surface area contributed by atoms with Crippen molar-refractivity contribution in [3.63, 3.8) is 0 Å². The van der Waals surface area contributed by atoms with Crippen molar-refractivity contribution in [2.45, 2.75) is 43.9 Å². The summed E-state index contributed by atoms with van der Waals surface area (Å²) < 4.78 is 19.5. The number of rotatable bonds is 6. The van der Waals surface area contributed by atoms with Crippen LogP contribution in [0.3, 0.4) is 0 Å². The van der Waals surface area contributed by atoms with Crippen LogP contribution in [0.5, 0.6) is 0 Å². The maximum absolute atomic E-state index is 13.7. The van der Waals surface area contributed by atoms with Gasteiger partial charge in [0.15, 0.2) is 5.65 Å². The Hall–Kier alpha value is -2.58. The predicted octanol–water partition coefficient (Wildman–Crippen LogP) is 2.97. The first-order chi connectivity index (χ1) is 13.2. The van der Waals surface area contributed by atoms with Gasteiger partial charge in [0, 0.05) is 11.6 Å². The van der Waals surface area contributed by atoms with E-state index >= 15 is 0 Å². The van der Waals surface area contributed by atoms with Crippen LogP contribution in [-0.4, -0.2) is 44.0 Å². The van der Waals surface area contributed by atoms with Gasteiger partial charge in [0.1, 0.15) is 24.1 Å². The molecule has 0 saturated heterocycles. The standard InChI is InChI=1S/C19H22FN5O2/c20-16-4-2-1-3-14(16)17(26)10-27-13-7-5-12(6-8-13)24-18-15-9-23-25-19(15)22-11-21-18/h1-4,9,11-13,17,26H,5-8,10H2,(H2,21,22,23,24,25)/t12-,13-,17-/m1/s1. The molecule has 1 atom stereocenters. The Bertz CT molecular complexity index is 894. The molecule has 1 aliphatic rings. The summed E-state index contributed by atoms with van der Waals surface area (Å²) in [7, 11) is 0. The van der Waals surface area contributed by atoms with Gasteiger partial charge in [-0.25, -0.2) is 14.4 Å². The van der Waals surface area contributed by atoms with Crippen LogP contribution in [0, 0.1) is 5.82 Å². The van der Waals surface area contributed by atoms with E-state index in [0.717, 1.165) is 36.9 Å². The van der Waals surface area contributed by atoms with Crippen LogP contribution in [-0.2, 0) is 4.74 Å². The van der Waals surface area contributed by atoms with E-state index < -0.39 is 11.9 Å². The van der Waals surface area contributed by atoms with Crippen LogP contribution in [0.1, 0.15) is 37.4 Å². The number of nitrogens with one attached hydrogen (secondary N) is 2. The second kappa shape index (κ2) is 7.98. The van der Waals surface area contributed by atoms with Crippen molar-refractivity contribution in [3.05, 3.63) is 48.2 Å². The fourth-order valence-corrected chi connectivity index (χ4v) is 3.51. The number of hydrogen-bond acceptors (Lipinski definition) is 6. The van der Waals surface area contributed by atoms with Crippen molar-refractivity contribution in [2.75, 3.05) is 11.9 Å². The second-order valence-electron chi connectivity index (χ2n) is 6.84. The number of aromatic amines is 1. The van der Waals surface area contributed by atoms with E-state index in [9.17, 15) is 9.50 Å². The third-order valence-corrected chi connectivity index (χ3v) is 5.02. The highest BCUT2D eigenvalue weighted by Crippen LogP contribution is 2.27. The first-order valence-corrected chi connectivity index (χ1v) is 9.15. The van der Waals surface area contributed by atoms with Gasteiger partial charge in [-0.05, 0) is 31.7 Å². The van der Waals surface area contributed by atoms with Gasteiger partial charge in [0.05, 0.1) is 24.3 Å². The van der Waals surface area contributed by atoms with Gasteiger partial charge in [-0.3, -0.25) is 5.10 Å². The fraction of sp³-hybridized carbons (Fsp3) is 0.421. The molecule has 0 bridgehead atoms. The van der Waals surface area contributed by atoms with E-state index in [2.05, 4.69) is 25.5 Å². The van der Waals surface area contributed by atoms with Gasteiger partial charge in [0.25, 0.3) is 0 Å². The Morgan fingerprint density at radius 1 is 1.22 bits per heavy atom. The number of benzene rings is 1. The summed E-state index contributed by atoms with van der Waals surface area (Å²) in [6.07, 6.45) is 5.98. The highest BCUT2D eigenvalue weighted by molar-refractivity contribution is 5.85. The first-order valence-electron chi connectivity index (χ1n) is 9.15. The number of ether oxygens (including phenoxy) is 1. The molecule has 1 fully saturated rings. The lowest BCUT2D eigenvalue weighted by Gasteiger charge is -2.30. The average Bonchev–Trinajstić information content (AvgIpc) is 3.17. The minimum atomic E-state index is -0.947. The molecule has 3 aromatic rings. The van der Waals surface area contributed by atoms with Crippen LogP contribution in [0.4, 0.5) is 10.2 Å². The normalized spacial score (nSPS) is 21.3. The van der Waals surface area contributed by atoms with Gasteiger partial charge < -0.3 is 15.2 Å². The highest BCUT2D eigenvalue weighted by atomic mass is 19.1. The smallest absolute Gasteiger partial charge is 0.160 e. The molecule has 2 aromatic heterocycles. The van der Waals surface area contributed by atoms with Gasteiger partial charge in [-0.1, -0.05) is 18.2 Å². The third kappa shape index (κ3) is 4.06. The van der Waals surface area contributed by atoms with Crippen molar-refractivity contribution < 1.29 is 14.2 Å². The zero-order valence-corrected chi connectivity index (χ0v) is 14.8. The average molecular weight is 371 g/mol. The van der Waals surface area contributed by atoms with E-state index in [1.54, 1.807) is 24.4 Å². The van der Waals surface area contributed by atoms with Gasteiger partial charge >= 0.3 is 0 Å². The van der Waals surface area contributed by atoms with Crippen molar-refractivity contribution in [1.82, 2.24) is 20.2 Å². The fourth-order valence-electron chi connectivity index (χ4n) is 3.51. The Morgan fingerprint density at radius 3 is 2.85 bits per heavy atom. The first kappa shape index (κ1) is 17.8. The zero-order valence-electron chi connectivity index (χ0n) is 14.8. The molecule has 8 heteroatoms. The van der Waals surface area contributed by atoms with Gasteiger partial charge in [-0.15, -0.1) is 0 Å². The molecule has 3 N–H and O–H groups in total. The van der Waals surface area contributed by atoms with E-state index in [1.807, 2.05) is 0 Å². The van der Waals surface area contributed by atoms with Crippen molar-refractivity contribution in [3.8, 4) is 0 Å². The molecule has 0 unspecified atom stereocenters. The molecule has 1 saturated carbocycles. The molecule has 142 valence electrons. The van der Waals surface area contributed by atoms with Crippen molar-refractivity contribution in [1.29, 1.82) is 0 Å². The molecular weight excluding hydrogens is 349 g/mol. The lowest BCUT2D eigenvalue weighted by atomic mass is 9.93. The summed E-state index contributed by atoms with van der Waals surface area (Å²) in [6.45, 7) is 0.102. The lowest BCUT2D eigenvalue weighted by molar-refractivity contribution is -0.0266. The summed E-state index contributed by atoms with van der Waals surface area (Å²) in [6, 6.07) is 6.55. The number of halogens is 1. The monoisotopic (exact) mass is 371 g/mol. The minimum Gasteiger partial charge on any atom is -0.386 e. The van der Waals surface area contributed by atoms with Crippen LogP contribution in [0.15, 0.2) is 36.8 Å². The van der Waals surface area contributed by atoms with Crippen LogP contribution >= 0.6 is 0 Å². The Labute approximate surface area is 156 Å². The van der Waals surface area contributed by atoms with Gasteiger partial charge in [0.2, 0.25) is 0 Å². The largest absolute Gasteiger partial charge is 0.386 e. The molecule has 2 heterocycles. The summed E-state index contributed by atoms with van der Waals surface area (Å²) in [4.78, 5) is 8.45. The molecule has 0 radical (unpaired) electrons. The van der Waals surface area contributed by atoms with Gasteiger partial charge in [-0.2, -0.15) is 5.10 Å². The van der Waals surface area contributed by atoms with E-state index in [0.29, 0.717) is 11.7 Å². The summed E-state index contributed by atoms with van der Waals surface area (Å²) in [5, 5.41) is 21.3. The maximum atomic E-state index is 13.7. The minimum absolute atomic E-state index is 0.0730. The van der Waals surface area contributed by atoms with Crippen LogP contribution < -0.4 is 5.32 Å². The number of H-pyrrole nitrogens is 1. The van der Waals surface area contributed by atoms with E-state index in [4.69, 9.17) is 4.74 Å². The van der Waals surface area contributed by atoms with E-state index in [-0.39, 0.29) is 18.3 Å². The molecule has 1 aromatic carbocycles. The Balaban J connectivity index is 1.27. The molecule has 0 aliphatic heterocycles. The SMILES string of the molecule is O[C@H](CO[C@H]1CC[C@H](Nc2ncnc3[nH]ncc23)CC1)c1ccccc1F. The summed E-state index contributed by atoms with van der Waals surface area (Å²) >= 11 is 0. The van der Waals surface area contributed by atoms with Crippen LogP contribution in [0.2, 0.25) is 0 Å². The second-order valence-corrected chi connectivity index (χ2v) is 6.84. The number of nitrogens with zero attached hydrogens (tertiary/aromatic N) is 3. The molecule has 1 aliphatic carbocycles. The zero-order chi connectivity index (χ0) is 18.6. The number of aliphatic hydroxyl groups excluding tert-OH is 1. The van der Waals surface area contributed by atoms with Crippen LogP contribution in [0.25, 0.3) is 11.0 Å². The maximum Gasteiger partial charge on any atom is 0.160 e. The molecule has 0 spiro atoms. The third-order valence-electron chi connectivity index (χ3n) is 5.02. The summed E-state index contributed by atoms with van der Waals surface area (Å²) in [5.41, 5.74) is 0.993. The van der Waals surface area contributed by atoms with Crippen molar-refractivity contribution >= 4 is 16.9 Å². The number of fused-ring (bicyclic) bond motifs is 1.